The molecular weight excluding hydrogens is 316 g/mol. The van der Waals surface area contributed by atoms with Gasteiger partial charge in [0.1, 0.15) is 10.0 Å². The molecule has 2 rings (SSSR count). The Morgan fingerprint density at radius 1 is 1.33 bits per heavy atom. The minimum Gasteiger partial charge on any atom is -0.478 e. The molecule has 0 atom stereocenters. The molecule has 1 aromatic carbocycles. The molecule has 0 fully saturated rings. The fourth-order valence-corrected chi connectivity index (χ4v) is 3.20. The van der Waals surface area contributed by atoms with Crippen molar-refractivity contribution in [2.24, 2.45) is 0 Å². The van der Waals surface area contributed by atoms with Crippen molar-refractivity contribution >= 4 is 33.3 Å². The number of aryl methyl sites for hydroxylation is 1. The highest BCUT2D eigenvalue weighted by Gasteiger charge is 2.19. The van der Waals surface area contributed by atoms with Crippen LogP contribution in [0.1, 0.15) is 15.9 Å². The predicted molar refractivity (Wildman–Crippen MR) is 78.2 cm³/mol. The van der Waals surface area contributed by atoms with Crippen molar-refractivity contribution in [2.45, 2.75) is 11.8 Å². The van der Waals surface area contributed by atoms with Crippen molar-refractivity contribution < 1.29 is 18.3 Å². The van der Waals surface area contributed by atoms with E-state index >= 15 is 0 Å². The summed E-state index contributed by atoms with van der Waals surface area (Å²) in [5, 5.41) is 8.88. The van der Waals surface area contributed by atoms with Crippen LogP contribution in [0.15, 0.2) is 41.4 Å². The zero-order valence-corrected chi connectivity index (χ0v) is 12.4. The van der Waals surface area contributed by atoms with Crippen LogP contribution in [-0.4, -0.2) is 24.5 Å². The van der Waals surface area contributed by atoms with Crippen LogP contribution in [0.4, 0.5) is 5.69 Å². The number of pyridine rings is 1. The number of halogens is 1. The zero-order valence-electron chi connectivity index (χ0n) is 10.9. The molecule has 1 aromatic heterocycles. The van der Waals surface area contributed by atoms with E-state index in [0.717, 1.165) is 0 Å². The summed E-state index contributed by atoms with van der Waals surface area (Å²) in [6, 6.07) is 7.00. The van der Waals surface area contributed by atoms with Crippen molar-refractivity contribution in [1.82, 2.24) is 4.98 Å². The van der Waals surface area contributed by atoms with Crippen LogP contribution in [0, 0.1) is 6.92 Å². The van der Waals surface area contributed by atoms with Gasteiger partial charge in [-0.3, -0.25) is 4.72 Å². The number of rotatable bonds is 4. The van der Waals surface area contributed by atoms with E-state index in [0.29, 0.717) is 5.56 Å². The normalized spacial score (nSPS) is 11.1. The minimum atomic E-state index is -3.94. The molecular formula is C13H11ClN2O4S. The first-order valence-electron chi connectivity index (χ1n) is 5.78. The minimum absolute atomic E-state index is 0.0208. The highest BCUT2D eigenvalue weighted by Crippen LogP contribution is 2.23. The Kier molecular flexibility index (Phi) is 4.15. The summed E-state index contributed by atoms with van der Waals surface area (Å²) in [5.41, 5.74) is 0.690. The standard InChI is InChI=1S/C13H11ClN2O4S/c1-8-4-5-9(7-10(8)13(17)18)16-21(19,20)11-3-2-6-15-12(11)14/h2-7,16H,1H3,(H,17,18). The largest absolute Gasteiger partial charge is 0.478 e. The summed E-state index contributed by atoms with van der Waals surface area (Å²) in [6.07, 6.45) is 1.37. The maximum absolute atomic E-state index is 12.2. The third kappa shape index (κ3) is 3.32. The van der Waals surface area contributed by atoms with E-state index in [2.05, 4.69) is 9.71 Å². The van der Waals surface area contributed by atoms with E-state index in [9.17, 15) is 13.2 Å². The molecule has 2 aromatic rings. The number of benzene rings is 1. The van der Waals surface area contributed by atoms with Crippen LogP contribution in [-0.2, 0) is 10.0 Å². The first kappa shape index (κ1) is 15.3. The van der Waals surface area contributed by atoms with E-state index in [1.54, 1.807) is 6.92 Å². The second-order valence-corrected chi connectivity index (χ2v) is 6.24. The quantitative estimate of drug-likeness (QED) is 0.842. The van der Waals surface area contributed by atoms with Gasteiger partial charge in [-0.1, -0.05) is 17.7 Å². The van der Waals surface area contributed by atoms with Crippen molar-refractivity contribution in [3.05, 3.63) is 52.8 Å². The molecule has 0 aliphatic carbocycles. The Hall–Kier alpha value is -2.12. The number of carbonyl (C=O) groups is 1. The van der Waals surface area contributed by atoms with E-state index in [1.165, 1.54) is 36.5 Å². The Morgan fingerprint density at radius 2 is 2.05 bits per heavy atom. The van der Waals surface area contributed by atoms with E-state index in [1.807, 2.05) is 0 Å². The van der Waals surface area contributed by atoms with Crippen LogP contribution in [0.25, 0.3) is 0 Å². The fraction of sp³-hybridized carbons (Fsp3) is 0.0769. The van der Waals surface area contributed by atoms with E-state index < -0.39 is 16.0 Å². The molecule has 2 N–H and O–H groups in total. The van der Waals surface area contributed by atoms with Crippen LogP contribution in [0.5, 0.6) is 0 Å². The zero-order chi connectivity index (χ0) is 15.6. The Bertz CT molecular complexity index is 806. The summed E-state index contributed by atoms with van der Waals surface area (Å²) in [7, 11) is -3.94. The van der Waals surface area contributed by atoms with Gasteiger partial charge < -0.3 is 5.11 Å². The number of aromatic carboxylic acids is 1. The van der Waals surface area contributed by atoms with E-state index in [4.69, 9.17) is 16.7 Å². The molecule has 6 nitrogen and oxygen atoms in total. The van der Waals surface area contributed by atoms with Gasteiger partial charge in [0.2, 0.25) is 0 Å². The lowest BCUT2D eigenvalue weighted by Gasteiger charge is -2.10. The molecule has 0 saturated heterocycles. The predicted octanol–water partition coefficient (Wildman–Crippen LogP) is 2.54. The number of nitrogens with zero attached hydrogens (tertiary/aromatic N) is 1. The second-order valence-electron chi connectivity index (χ2n) is 4.23. The highest BCUT2D eigenvalue weighted by atomic mass is 35.5. The van der Waals surface area contributed by atoms with Gasteiger partial charge in [-0.05, 0) is 36.8 Å². The van der Waals surface area contributed by atoms with Crippen LogP contribution < -0.4 is 4.72 Å². The molecule has 0 aliphatic rings. The Balaban J connectivity index is 2.40. The molecule has 8 heteroatoms. The second kappa shape index (κ2) is 5.71. The molecule has 110 valence electrons. The summed E-state index contributed by atoms with van der Waals surface area (Å²) < 4.78 is 26.7. The van der Waals surface area contributed by atoms with Crippen LogP contribution >= 0.6 is 11.6 Å². The fourth-order valence-electron chi connectivity index (χ4n) is 1.70. The third-order valence-corrected chi connectivity index (χ3v) is 4.56. The lowest BCUT2D eigenvalue weighted by molar-refractivity contribution is 0.0696. The topological polar surface area (TPSA) is 96.4 Å². The van der Waals surface area contributed by atoms with Gasteiger partial charge in [-0.2, -0.15) is 0 Å². The number of sulfonamides is 1. The maximum atomic E-state index is 12.2. The monoisotopic (exact) mass is 326 g/mol. The maximum Gasteiger partial charge on any atom is 0.336 e. The molecule has 0 bridgehead atoms. The van der Waals surface area contributed by atoms with Gasteiger partial charge in [-0.25, -0.2) is 18.2 Å². The summed E-state index contributed by atoms with van der Waals surface area (Å²) in [5.74, 6) is -1.13. The van der Waals surface area contributed by atoms with Crippen LogP contribution in [0.2, 0.25) is 5.15 Å². The average molecular weight is 327 g/mol. The molecule has 0 unspecified atom stereocenters. The van der Waals surface area contributed by atoms with Gasteiger partial charge in [0, 0.05) is 11.9 Å². The lowest BCUT2D eigenvalue weighted by Crippen LogP contribution is -2.14. The Labute approximate surface area is 126 Å². The van der Waals surface area contributed by atoms with Gasteiger partial charge in [-0.15, -0.1) is 0 Å². The molecule has 21 heavy (non-hydrogen) atoms. The van der Waals surface area contributed by atoms with Crippen molar-refractivity contribution in [2.75, 3.05) is 4.72 Å². The summed E-state index contributed by atoms with van der Waals surface area (Å²) in [4.78, 5) is 14.6. The smallest absolute Gasteiger partial charge is 0.336 e. The summed E-state index contributed by atoms with van der Waals surface area (Å²) >= 11 is 5.76. The SMILES string of the molecule is Cc1ccc(NS(=O)(=O)c2cccnc2Cl)cc1C(=O)O. The number of hydrogen-bond donors (Lipinski definition) is 2. The third-order valence-electron chi connectivity index (χ3n) is 2.73. The first-order chi connectivity index (χ1) is 9.81. The van der Waals surface area contributed by atoms with Crippen molar-refractivity contribution in [3.8, 4) is 0 Å². The number of nitrogens with one attached hydrogen (secondary N) is 1. The average Bonchev–Trinajstić information content (AvgIpc) is 2.40. The number of carboxylic acids is 1. The van der Waals surface area contributed by atoms with Gasteiger partial charge in [0.25, 0.3) is 10.0 Å². The van der Waals surface area contributed by atoms with Gasteiger partial charge in [0.05, 0.1) is 5.56 Å². The molecule has 0 aliphatic heterocycles. The number of hydrogen-bond acceptors (Lipinski definition) is 4. The van der Waals surface area contributed by atoms with Crippen molar-refractivity contribution in [3.63, 3.8) is 0 Å². The first-order valence-corrected chi connectivity index (χ1v) is 7.64. The Morgan fingerprint density at radius 3 is 2.67 bits per heavy atom. The van der Waals surface area contributed by atoms with Gasteiger partial charge >= 0.3 is 5.97 Å². The highest BCUT2D eigenvalue weighted by molar-refractivity contribution is 7.92. The number of carboxylic acid groups (broad SMARTS) is 1. The van der Waals surface area contributed by atoms with Crippen molar-refractivity contribution in [1.29, 1.82) is 0 Å². The van der Waals surface area contributed by atoms with Crippen LogP contribution in [0.3, 0.4) is 0 Å². The van der Waals surface area contributed by atoms with E-state index in [-0.39, 0.29) is 21.3 Å². The number of anilines is 1. The number of aromatic nitrogens is 1. The lowest BCUT2D eigenvalue weighted by atomic mass is 10.1. The molecule has 1 heterocycles. The molecule has 0 spiro atoms. The summed E-state index contributed by atoms with van der Waals surface area (Å²) in [6.45, 7) is 1.62. The molecule has 0 saturated carbocycles. The molecule has 0 amide bonds. The molecule has 0 radical (unpaired) electrons. The van der Waals surface area contributed by atoms with Gasteiger partial charge in [0.15, 0.2) is 0 Å².